The van der Waals surface area contributed by atoms with Gasteiger partial charge in [-0.05, 0) is 48.8 Å². The molecule has 0 amide bonds. The Morgan fingerprint density at radius 2 is 1.41 bits per heavy atom. The summed E-state index contributed by atoms with van der Waals surface area (Å²) in [5.74, 6) is 1.45. The molecule has 0 unspecified atom stereocenters. The molecule has 3 rings (SSSR count). The summed E-state index contributed by atoms with van der Waals surface area (Å²) in [6.45, 7) is 8.67. The lowest BCUT2D eigenvalue weighted by atomic mass is 10.1. The van der Waals surface area contributed by atoms with Gasteiger partial charge in [0.25, 0.3) is 5.56 Å². The maximum atomic E-state index is 12.6. The van der Waals surface area contributed by atoms with Crippen molar-refractivity contribution in [2.24, 2.45) is 0 Å². The minimum atomic E-state index is -0.126. The van der Waals surface area contributed by atoms with Gasteiger partial charge in [0.05, 0.1) is 10.9 Å². The highest BCUT2D eigenvalue weighted by molar-refractivity contribution is 6.05. The van der Waals surface area contributed by atoms with Crippen LogP contribution in [-0.2, 0) is 0 Å². The van der Waals surface area contributed by atoms with Crippen LogP contribution in [0.2, 0.25) is 0 Å². The molecule has 0 atom stereocenters. The van der Waals surface area contributed by atoms with Gasteiger partial charge >= 0.3 is 0 Å². The molecule has 0 radical (unpaired) electrons. The smallest absolute Gasteiger partial charge is 0.256 e. The number of hydrogen-bond donors (Lipinski definition) is 3. The number of fused-ring (bicyclic) bond motifs is 3. The number of pyridine rings is 1. The van der Waals surface area contributed by atoms with E-state index < -0.39 is 0 Å². The number of aromatic amines is 1. The number of rotatable bonds is 10. The summed E-state index contributed by atoms with van der Waals surface area (Å²) in [6.07, 6.45) is 0. The lowest BCUT2D eigenvalue weighted by Crippen LogP contribution is -2.20. The molecule has 0 saturated carbocycles. The molecule has 0 saturated heterocycles. The van der Waals surface area contributed by atoms with Gasteiger partial charge in [-0.25, -0.2) is 0 Å². The maximum absolute atomic E-state index is 12.6. The van der Waals surface area contributed by atoms with Gasteiger partial charge < -0.3 is 25.1 Å². The van der Waals surface area contributed by atoms with Gasteiger partial charge in [0, 0.05) is 24.5 Å². The van der Waals surface area contributed by atoms with Crippen LogP contribution < -0.4 is 25.7 Å². The molecule has 6 nitrogen and oxygen atoms in total. The standard InChI is InChI=1S/C21H27N3O3/c1-3-22-9-11-26-15-5-7-17-18-8-6-16(27-12-10-23-4-2)14-20(18)24-21(25)19(17)13-15/h5-8,13-14,22-23H,3-4,9-12H2,1-2H3,(H,24,25). The summed E-state index contributed by atoms with van der Waals surface area (Å²) in [5.41, 5.74) is 0.647. The van der Waals surface area contributed by atoms with Crippen molar-refractivity contribution in [3.8, 4) is 11.5 Å². The fourth-order valence-electron chi connectivity index (χ4n) is 3.01. The van der Waals surface area contributed by atoms with E-state index in [-0.39, 0.29) is 5.56 Å². The van der Waals surface area contributed by atoms with Crippen LogP contribution in [0.1, 0.15) is 13.8 Å². The van der Waals surface area contributed by atoms with Gasteiger partial charge in [-0.2, -0.15) is 0 Å². The Bertz CT molecular complexity index is 952. The van der Waals surface area contributed by atoms with Crippen molar-refractivity contribution in [3.05, 3.63) is 46.8 Å². The van der Waals surface area contributed by atoms with Crippen LogP contribution in [-0.4, -0.2) is 44.4 Å². The molecular formula is C21H27N3O3. The van der Waals surface area contributed by atoms with Gasteiger partial charge in [0.15, 0.2) is 0 Å². The van der Waals surface area contributed by atoms with Crippen LogP contribution in [0.5, 0.6) is 11.5 Å². The molecule has 0 spiro atoms. The summed E-state index contributed by atoms with van der Waals surface area (Å²) in [4.78, 5) is 15.5. The van der Waals surface area contributed by atoms with Crippen LogP contribution >= 0.6 is 0 Å². The van der Waals surface area contributed by atoms with Crippen LogP contribution in [0, 0.1) is 0 Å². The molecule has 3 N–H and O–H groups in total. The van der Waals surface area contributed by atoms with E-state index in [2.05, 4.69) is 29.5 Å². The molecule has 0 bridgehead atoms. The summed E-state index contributed by atoms with van der Waals surface area (Å²) < 4.78 is 11.5. The second kappa shape index (κ2) is 9.39. The Labute approximate surface area is 158 Å². The number of benzene rings is 2. The van der Waals surface area contributed by atoms with E-state index in [0.29, 0.717) is 24.3 Å². The number of H-pyrrole nitrogens is 1. The van der Waals surface area contributed by atoms with E-state index in [0.717, 1.165) is 48.2 Å². The third-order valence-corrected chi connectivity index (χ3v) is 4.36. The molecule has 0 aliphatic carbocycles. The molecule has 27 heavy (non-hydrogen) atoms. The fraction of sp³-hybridized carbons (Fsp3) is 0.381. The van der Waals surface area contributed by atoms with Gasteiger partial charge in [-0.1, -0.05) is 13.8 Å². The lowest BCUT2D eigenvalue weighted by Gasteiger charge is -2.10. The highest BCUT2D eigenvalue weighted by Crippen LogP contribution is 2.27. The summed E-state index contributed by atoms with van der Waals surface area (Å²) in [6, 6.07) is 11.5. The van der Waals surface area contributed by atoms with Crippen molar-refractivity contribution < 1.29 is 9.47 Å². The fourth-order valence-corrected chi connectivity index (χ4v) is 3.01. The number of hydrogen-bond acceptors (Lipinski definition) is 5. The Balaban J connectivity index is 1.84. The lowest BCUT2D eigenvalue weighted by molar-refractivity contribution is 0.315. The average Bonchev–Trinajstić information content (AvgIpc) is 2.69. The maximum Gasteiger partial charge on any atom is 0.256 e. The second-order valence-electron chi connectivity index (χ2n) is 6.27. The minimum absolute atomic E-state index is 0.126. The SMILES string of the molecule is CCNCCOc1ccc2c(c1)[nH]c(=O)c1cc(OCCNCC)ccc12. The number of ether oxygens (including phenoxy) is 2. The summed E-state index contributed by atoms with van der Waals surface area (Å²) >= 11 is 0. The van der Waals surface area contributed by atoms with E-state index in [4.69, 9.17) is 9.47 Å². The number of aromatic nitrogens is 1. The molecule has 2 aromatic carbocycles. The highest BCUT2D eigenvalue weighted by atomic mass is 16.5. The van der Waals surface area contributed by atoms with Gasteiger partial charge in [-0.3, -0.25) is 4.79 Å². The molecule has 0 fully saturated rings. The largest absolute Gasteiger partial charge is 0.492 e. The first-order valence-electron chi connectivity index (χ1n) is 9.49. The monoisotopic (exact) mass is 369 g/mol. The zero-order valence-corrected chi connectivity index (χ0v) is 15.9. The molecule has 3 aromatic rings. The topological polar surface area (TPSA) is 75.4 Å². The zero-order chi connectivity index (χ0) is 19.1. The van der Waals surface area contributed by atoms with E-state index in [9.17, 15) is 4.79 Å². The van der Waals surface area contributed by atoms with E-state index in [1.54, 1.807) is 6.07 Å². The first kappa shape index (κ1) is 19.2. The minimum Gasteiger partial charge on any atom is -0.492 e. The van der Waals surface area contributed by atoms with Crippen LogP contribution in [0.15, 0.2) is 41.2 Å². The third kappa shape index (κ3) is 4.78. The Kier molecular flexibility index (Phi) is 6.68. The predicted octanol–water partition coefficient (Wildman–Crippen LogP) is 2.66. The zero-order valence-electron chi connectivity index (χ0n) is 15.9. The molecule has 1 heterocycles. The normalized spacial score (nSPS) is 11.2. The Morgan fingerprint density at radius 1 is 0.815 bits per heavy atom. The number of nitrogens with one attached hydrogen (secondary N) is 3. The average molecular weight is 369 g/mol. The van der Waals surface area contributed by atoms with Crippen molar-refractivity contribution in [3.63, 3.8) is 0 Å². The van der Waals surface area contributed by atoms with Crippen molar-refractivity contribution in [1.29, 1.82) is 0 Å². The second-order valence-corrected chi connectivity index (χ2v) is 6.27. The quantitative estimate of drug-likeness (QED) is 0.378. The van der Waals surface area contributed by atoms with Crippen LogP contribution in [0.4, 0.5) is 0 Å². The summed E-state index contributed by atoms with van der Waals surface area (Å²) in [7, 11) is 0. The molecular weight excluding hydrogens is 342 g/mol. The molecule has 1 aromatic heterocycles. The van der Waals surface area contributed by atoms with Gasteiger partial charge in [-0.15, -0.1) is 0 Å². The highest BCUT2D eigenvalue weighted by Gasteiger charge is 2.08. The van der Waals surface area contributed by atoms with Crippen molar-refractivity contribution in [2.45, 2.75) is 13.8 Å². The van der Waals surface area contributed by atoms with E-state index in [1.807, 2.05) is 30.3 Å². The van der Waals surface area contributed by atoms with Crippen LogP contribution in [0.25, 0.3) is 21.7 Å². The Morgan fingerprint density at radius 3 is 2.04 bits per heavy atom. The Hall–Kier alpha value is -2.57. The van der Waals surface area contributed by atoms with Gasteiger partial charge in [0.2, 0.25) is 0 Å². The van der Waals surface area contributed by atoms with Crippen molar-refractivity contribution in [2.75, 3.05) is 39.4 Å². The first-order valence-corrected chi connectivity index (χ1v) is 9.49. The van der Waals surface area contributed by atoms with Crippen molar-refractivity contribution >= 4 is 21.7 Å². The van der Waals surface area contributed by atoms with Gasteiger partial charge in [0.1, 0.15) is 24.7 Å². The number of likely N-dealkylation sites (N-methyl/N-ethyl adjacent to an activating group) is 2. The molecule has 0 aliphatic heterocycles. The molecule has 144 valence electrons. The predicted molar refractivity (Wildman–Crippen MR) is 110 cm³/mol. The third-order valence-electron chi connectivity index (χ3n) is 4.36. The summed E-state index contributed by atoms with van der Waals surface area (Å²) in [5, 5.41) is 8.95. The van der Waals surface area contributed by atoms with E-state index >= 15 is 0 Å². The van der Waals surface area contributed by atoms with Crippen molar-refractivity contribution in [1.82, 2.24) is 15.6 Å². The molecule has 0 aliphatic rings. The molecule has 6 heteroatoms. The van der Waals surface area contributed by atoms with E-state index in [1.165, 1.54) is 0 Å². The van der Waals surface area contributed by atoms with Crippen LogP contribution in [0.3, 0.4) is 0 Å². The first-order chi connectivity index (χ1) is 13.2.